The van der Waals surface area contributed by atoms with Gasteiger partial charge in [0.15, 0.2) is 5.82 Å². The van der Waals surface area contributed by atoms with Gasteiger partial charge in [0.1, 0.15) is 0 Å². The maximum atomic E-state index is 12.0. The SMILES string of the molecule is Cc1ccc(CN2CCC(CNc3nccn(C)c3=O)CC2)cc1. The number of aromatic nitrogens is 2. The van der Waals surface area contributed by atoms with Crippen molar-refractivity contribution in [2.24, 2.45) is 13.0 Å². The third-order valence-electron chi connectivity index (χ3n) is 4.81. The van der Waals surface area contributed by atoms with Crippen molar-refractivity contribution in [2.75, 3.05) is 25.0 Å². The number of piperidine rings is 1. The number of aryl methyl sites for hydroxylation is 2. The van der Waals surface area contributed by atoms with Crippen molar-refractivity contribution >= 4 is 5.82 Å². The van der Waals surface area contributed by atoms with Gasteiger partial charge in [0.25, 0.3) is 5.56 Å². The Balaban J connectivity index is 1.46. The van der Waals surface area contributed by atoms with Gasteiger partial charge in [0.2, 0.25) is 0 Å². The lowest BCUT2D eigenvalue weighted by atomic mass is 9.96. The highest BCUT2D eigenvalue weighted by molar-refractivity contribution is 5.30. The average Bonchev–Trinajstić information content (AvgIpc) is 2.59. The number of rotatable bonds is 5. The predicted octanol–water partition coefficient (Wildman–Crippen LogP) is 2.41. The fourth-order valence-corrected chi connectivity index (χ4v) is 3.16. The summed E-state index contributed by atoms with van der Waals surface area (Å²) in [6.45, 7) is 6.20. The summed E-state index contributed by atoms with van der Waals surface area (Å²) < 4.78 is 1.56. The molecule has 0 spiro atoms. The van der Waals surface area contributed by atoms with Gasteiger partial charge >= 0.3 is 0 Å². The van der Waals surface area contributed by atoms with Gasteiger partial charge in [-0.3, -0.25) is 9.69 Å². The Labute approximate surface area is 143 Å². The van der Waals surface area contributed by atoms with Gasteiger partial charge in [-0.1, -0.05) is 29.8 Å². The van der Waals surface area contributed by atoms with Gasteiger partial charge < -0.3 is 9.88 Å². The minimum Gasteiger partial charge on any atom is -0.365 e. The van der Waals surface area contributed by atoms with E-state index in [2.05, 4.69) is 46.4 Å². The summed E-state index contributed by atoms with van der Waals surface area (Å²) in [6.07, 6.45) is 5.66. The molecule has 3 rings (SSSR count). The number of nitrogens with one attached hydrogen (secondary N) is 1. The lowest BCUT2D eigenvalue weighted by molar-refractivity contribution is 0.182. The van der Waals surface area contributed by atoms with Gasteiger partial charge in [-0.05, 0) is 44.3 Å². The Morgan fingerprint density at radius 3 is 2.62 bits per heavy atom. The highest BCUT2D eigenvalue weighted by atomic mass is 16.1. The van der Waals surface area contributed by atoms with Crippen molar-refractivity contribution < 1.29 is 0 Å². The van der Waals surface area contributed by atoms with Crippen LogP contribution in [0.3, 0.4) is 0 Å². The fourth-order valence-electron chi connectivity index (χ4n) is 3.16. The summed E-state index contributed by atoms with van der Waals surface area (Å²) in [7, 11) is 1.75. The second-order valence-corrected chi connectivity index (χ2v) is 6.78. The Kier molecular flexibility index (Phi) is 5.30. The molecule has 0 saturated carbocycles. The molecular weight excluding hydrogens is 300 g/mol. The molecule has 1 aliphatic rings. The van der Waals surface area contributed by atoms with Crippen LogP contribution in [0.5, 0.6) is 0 Å². The first-order chi connectivity index (χ1) is 11.6. The molecule has 1 aromatic carbocycles. The zero-order valence-corrected chi connectivity index (χ0v) is 14.5. The maximum absolute atomic E-state index is 12.0. The summed E-state index contributed by atoms with van der Waals surface area (Å²) in [5.74, 6) is 1.06. The Bertz CT molecular complexity index is 715. The third-order valence-corrected chi connectivity index (χ3v) is 4.81. The summed E-state index contributed by atoms with van der Waals surface area (Å²) in [6, 6.07) is 8.80. The van der Waals surface area contributed by atoms with Crippen molar-refractivity contribution in [3.8, 4) is 0 Å². The van der Waals surface area contributed by atoms with E-state index in [0.29, 0.717) is 11.7 Å². The summed E-state index contributed by atoms with van der Waals surface area (Å²) >= 11 is 0. The number of benzene rings is 1. The molecule has 0 unspecified atom stereocenters. The zero-order valence-electron chi connectivity index (χ0n) is 14.5. The quantitative estimate of drug-likeness (QED) is 0.917. The van der Waals surface area contributed by atoms with Gasteiger partial charge in [0.05, 0.1) is 0 Å². The normalized spacial score (nSPS) is 16.2. The Hall–Kier alpha value is -2.14. The number of likely N-dealkylation sites (tertiary alicyclic amines) is 1. The van der Waals surface area contributed by atoms with Crippen molar-refractivity contribution in [3.63, 3.8) is 0 Å². The second-order valence-electron chi connectivity index (χ2n) is 6.78. The van der Waals surface area contributed by atoms with Crippen LogP contribution in [0.4, 0.5) is 5.82 Å². The highest BCUT2D eigenvalue weighted by Gasteiger charge is 2.19. The highest BCUT2D eigenvalue weighted by Crippen LogP contribution is 2.19. The standard InChI is InChI=1S/C19H26N4O/c1-15-3-5-17(6-4-15)14-23-10-7-16(8-11-23)13-21-18-19(24)22(2)12-9-20-18/h3-6,9,12,16H,7-8,10-11,13-14H2,1-2H3,(H,20,21). The van der Waals surface area contributed by atoms with Crippen LogP contribution in [-0.4, -0.2) is 34.1 Å². The molecule has 0 atom stereocenters. The van der Waals surface area contributed by atoms with E-state index in [1.165, 1.54) is 11.1 Å². The van der Waals surface area contributed by atoms with E-state index in [0.717, 1.165) is 39.0 Å². The fraction of sp³-hybridized carbons (Fsp3) is 0.474. The molecule has 1 aromatic heterocycles. The minimum absolute atomic E-state index is 0.0608. The Morgan fingerprint density at radius 1 is 1.21 bits per heavy atom. The van der Waals surface area contributed by atoms with Gasteiger partial charge in [-0.25, -0.2) is 4.98 Å². The molecule has 1 aliphatic heterocycles. The van der Waals surface area contributed by atoms with Crippen LogP contribution < -0.4 is 10.9 Å². The van der Waals surface area contributed by atoms with Crippen LogP contribution >= 0.6 is 0 Å². The largest absolute Gasteiger partial charge is 0.365 e. The van der Waals surface area contributed by atoms with Crippen molar-refractivity contribution in [1.29, 1.82) is 0 Å². The first-order valence-electron chi connectivity index (χ1n) is 8.65. The molecule has 2 heterocycles. The monoisotopic (exact) mass is 326 g/mol. The molecular formula is C19H26N4O. The van der Waals surface area contributed by atoms with Crippen molar-refractivity contribution in [3.05, 3.63) is 58.1 Å². The second kappa shape index (κ2) is 7.62. The number of hydrogen-bond donors (Lipinski definition) is 1. The number of nitrogens with zero attached hydrogens (tertiary/aromatic N) is 3. The molecule has 1 saturated heterocycles. The third kappa shape index (κ3) is 4.23. The zero-order chi connectivity index (χ0) is 16.9. The minimum atomic E-state index is -0.0608. The molecule has 1 N–H and O–H groups in total. The topological polar surface area (TPSA) is 50.2 Å². The number of hydrogen-bond acceptors (Lipinski definition) is 4. The lowest BCUT2D eigenvalue weighted by Crippen LogP contribution is -2.36. The molecule has 24 heavy (non-hydrogen) atoms. The Morgan fingerprint density at radius 2 is 1.92 bits per heavy atom. The van der Waals surface area contributed by atoms with Crippen LogP contribution in [0.15, 0.2) is 41.5 Å². The number of anilines is 1. The van der Waals surface area contributed by atoms with Crippen LogP contribution in [0.25, 0.3) is 0 Å². The smallest absolute Gasteiger partial charge is 0.293 e. The van der Waals surface area contributed by atoms with Crippen LogP contribution in [-0.2, 0) is 13.6 Å². The lowest BCUT2D eigenvalue weighted by Gasteiger charge is -2.32. The van der Waals surface area contributed by atoms with E-state index < -0.39 is 0 Å². The van der Waals surface area contributed by atoms with Gasteiger partial charge in [-0.15, -0.1) is 0 Å². The molecule has 5 heteroatoms. The maximum Gasteiger partial charge on any atom is 0.293 e. The van der Waals surface area contributed by atoms with Crippen molar-refractivity contribution in [1.82, 2.24) is 14.5 Å². The molecule has 5 nitrogen and oxygen atoms in total. The first-order valence-corrected chi connectivity index (χ1v) is 8.65. The molecule has 0 bridgehead atoms. The predicted molar refractivity (Wildman–Crippen MR) is 97.1 cm³/mol. The molecule has 0 amide bonds. The van der Waals surface area contributed by atoms with Crippen LogP contribution in [0.1, 0.15) is 24.0 Å². The molecule has 1 fully saturated rings. The molecule has 0 radical (unpaired) electrons. The molecule has 128 valence electrons. The summed E-state index contributed by atoms with van der Waals surface area (Å²) in [5.41, 5.74) is 2.63. The van der Waals surface area contributed by atoms with Crippen LogP contribution in [0.2, 0.25) is 0 Å². The van der Waals surface area contributed by atoms with Crippen LogP contribution in [0, 0.1) is 12.8 Å². The summed E-state index contributed by atoms with van der Waals surface area (Å²) in [4.78, 5) is 18.6. The van der Waals surface area contributed by atoms with E-state index in [1.807, 2.05) is 0 Å². The van der Waals surface area contributed by atoms with E-state index in [1.54, 1.807) is 24.0 Å². The van der Waals surface area contributed by atoms with Gasteiger partial charge in [0, 0.05) is 32.5 Å². The van der Waals surface area contributed by atoms with E-state index in [-0.39, 0.29) is 5.56 Å². The average molecular weight is 326 g/mol. The van der Waals surface area contributed by atoms with E-state index in [9.17, 15) is 4.79 Å². The van der Waals surface area contributed by atoms with Crippen molar-refractivity contribution in [2.45, 2.75) is 26.3 Å². The van der Waals surface area contributed by atoms with Gasteiger partial charge in [-0.2, -0.15) is 0 Å². The summed E-state index contributed by atoms with van der Waals surface area (Å²) in [5, 5.41) is 3.23. The van der Waals surface area contributed by atoms with E-state index in [4.69, 9.17) is 0 Å². The first kappa shape index (κ1) is 16.7. The van der Waals surface area contributed by atoms with E-state index >= 15 is 0 Å². The molecule has 0 aliphatic carbocycles. The molecule has 2 aromatic rings.